The molecule has 0 spiro atoms. The van der Waals surface area contributed by atoms with Gasteiger partial charge in [0.2, 0.25) is 5.91 Å². The molecule has 1 unspecified atom stereocenters. The van der Waals surface area contributed by atoms with Crippen LogP contribution in [0.15, 0.2) is 42.5 Å². The van der Waals surface area contributed by atoms with E-state index in [0.717, 1.165) is 29.0 Å². The Morgan fingerprint density at radius 1 is 1.27 bits per heavy atom. The van der Waals surface area contributed by atoms with Crippen LogP contribution in [-0.2, 0) is 11.2 Å². The van der Waals surface area contributed by atoms with E-state index in [2.05, 4.69) is 5.32 Å². The fourth-order valence-electron chi connectivity index (χ4n) is 3.26. The molecule has 4 nitrogen and oxygen atoms in total. The molecule has 1 atom stereocenters. The molecule has 3 rings (SSSR count). The fraction of sp³-hybridized carbons (Fsp3) is 0.381. The minimum Gasteiger partial charge on any atom is -0.497 e. The predicted molar refractivity (Wildman–Crippen MR) is 103 cm³/mol. The average Bonchev–Trinajstić information content (AvgIpc) is 2.59. The molecule has 0 saturated carbocycles. The van der Waals surface area contributed by atoms with Gasteiger partial charge in [0.1, 0.15) is 17.1 Å². The van der Waals surface area contributed by atoms with Gasteiger partial charge in [0.25, 0.3) is 0 Å². The first kappa shape index (κ1) is 18.6. The van der Waals surface area contributed by atoms with Crippen molar-refractivity contribution in [2.45, 2.75) is 44.8 Å². The van der Waals surface area contributed by atoms with Crippen LogP contribution in [0, 0.1) is 0 Å². The van der Waals surface area contributed by atoms with Gasteiger partial charge < -0.3 is 14.8 Å². The van der Waals surface area contributed by atoms with Crippen molar-refractivity contribution >= 4 is 17.5 Å². The Hall–Kier alpha value is -2.20. The lowest BCUT2D eigenvalue weighted by Crippen LogP contribution is -2.41. The molecule has 138 valence electrons. The van der Waals surface area contributed by atoms with E-state index in [1.807, 2.05) is 56.3 Å². The Balaban J connectivity index is 1.68. The second kappa shape index (κ2) is 7.58. The number of aryl methyl sites for hydroxylation is 1. The molecule has 0 radical (unpaired) electrons. The maximum Gasteiger partial charge on any atom is 0.220 e. The molecular formula is C21H24ClNO3. The van der Waals surface area contributed by atoms with Crippen molar-refractivity contribution < 1.29 is 14.3 Å². The maximum absolute atomic E-state index is 12.5. The average molecular weight is 374 g/mol. The molecule has 1 amide bonds. The number of hydrogen-bond acceptors (Lipinski definition) is 3. The first-order chi connectivity index (χ1) is 12.4. The van der Waals surface area contributed by atoms with Gasteiger partial charge in [-0.2, -0.15) is 0 Å². The summed E-state index contributed by atoms with van der Waals surface area (Å²) in [5.41, 5.74) is 1.74. The first-order valence-corrected chi connectivity index (χ1v) is 9.15. The molecule has 2 aromatic carbocycles. The number of methoxy groups -OCH3 is 1. The summed E-state index contributed by atoms with van der Waals surface area (Å²) in [6, 6.07) is 13.3. The summed E-state index contributed by atoms with van der Waals surface area (Å²) >= 11 is 5.90. The molecule has 5 heteroatoms. The maximum atomic E-state index is 12.5. The second-order valence-corrected chi connectivity index (χ2v) is 7.65. The second-order valence-electron chi connectivity index (χ2n) is 7.22. The molecule has 0 aromatic heterocycles. The number of fused-ring (bicyclic) bond motifs is 1. The normalized spacial score (nSPS) is 17.8. The molecule has 0 bridgehead atoms. The zero-order valence-electron chi connectivity index (χ0n) is 15.3. The van der Waals surface area contributed by atoms with Crippen LogP contribution < -0.4 is 14.8 Å². The summed E-state index contributed by atoms with van der Waals surface area (Å²) in [4.78, 5) is 12.5. The minimum atomic E-state index is -0.354. The lowest BCUT2D eigenvalue weighted by atomic mass is 9.89. The molecule has 26 heavy (non-hydrogen) atoms. The monoisotopic (exact) mass is 373 g/mol. The molecule has 1 aliphatic heterocycles. The van der Waals surface area contributed by atoms with Gasteiger partial charge in [0, 0.05) is 29.5 Å². The van der Waals surface area contributed by atoms with Gasteiger partial charge in [0.05, 0.1) is 13.2 Å². The van der Waals surface area contributed by atoms with Crippen LogP contribution in [0.4, 0.5) is 0 Å². The summed E-state index contributed by atoms with van der Waals surface area (Å²) in [5, 5.41) is 3.87. The summed E-state index contributed by atoms with van der Waals surface area (Å²) in [6.45, 7) is 4.06. The molecular weight excluding hydrogens is 350 g/mol. The third kappa shape index (κ3) is 4.50. The van der Waals surface area contributed by atoms with E-state index in [9.17, 15) is 4.79 Å². The van der Waals surface area contributed by atoms with E-state index in [1.54, 1.807) is 7.11 Å². The fourth-order valence-corrected chi connectivity index (χ4v) is 3.39. The van der Waals surface area contributed by atoms with Gasteiger partial charge in [-0.05, 0) is 50.1 Å². The van der Waals surface area contributed by atoms with Crippen molar-refractivity contribution in [2.24, 2.45) is 0 Å². The first-order valence-electron chi connectivity index (χ1n) is 8.77. The molecule has 1 N–H and O–H groups in total. The molecule has 0 aliphatic carbocycles. The Morgan fingerprint density at radius 3 is 2.69 bits per heavy atom. The van der Waals surface area contributed by atoms with Crippen molar-refractivity contribution in [2.75, 3.05) is 7.11 Å². The Bertz CT molecular complexity index is 786. The highest BCUT2D eigenvalue weighted by Gasteiger charge is 2.34. The number of carbonyl (C=O) groups excluding carboxylic acids is 1. The highest BCUT2D eigenvalue weighted by atomic mass is 35.5. The van der Waals surface area contributed by atoms with E-state index in [4.69, 9.17) is 21.1 Å². The smallest absolute Gasteiger partial charge is 0.220 e. The Morgan fingerprint density at radius 2 is 2.00 bits per heavy atom. The summed E-state index contributed by atoms with van der Waals surface area (Å²) in [5.74, 6) is 1.54. The van der Waals surface area contributed by atoms with Crippen molar-refractivity contribution in [3.05, 3.63) is 58.6 Å². The van der Waals surface area contributed by atoms with Gasteiger partial charge in [0.15, 0.2) is 0 Å². The molecule has 2 aromatic rings. The van der Waals surface area contributed by atoms with Crippen molar-refractivity contribution in [3.63, 3.8) is 0 Å². The van der Waals surface area contributed by atoms with Crippen molar-refractivity contribution in [1.82, 2.24) is 5.32 Å². The SMILES string of the molecule is COc1ccc2c(c1)OC(C)(C)CC2NC(=O)CCc1ccc(Cl)cc1. The summed E-state index contributed by atoms with van der Waals surface area (Å²) < 4.78 is 11.4. The number of carbonyl (C=O) groups is 1. The van der Waals surface area contributed by atoms with E-state index < -0.39 is 0 Å². The Kier molecular flexibility index (Phi) is 5.42. The predicted octanol–water partition coefficient (Wildman–Crippen LogP) is 4.70. The molecule has 1 heterocycles. The molecule has 0 fully saturated rings. The van der Waals surface area contributed by atoms with Gasteiger partial charge in [-0.15, -0.1) is 0 Å². The minimum absolute atomic E-state index is 0.0319. The zero-order chi connectivity index (χ0) is 18.7. The van der Waals surface area contributed by atoms with Crippen LogP contribution in [0.25, 0.3) is 0 Å². The van der Waals surface area contributed by atoms with Crippen LogP contribution in [0.5, 0.6) is 11.5 Å². The van der Waals surface area contributed by atoms with E-state index in [1.165, 1.54) is 0 Å². The van der Waals surface area contributed by atoms with E-state index in [-0.39, 0.29) is 17.6 Å². The molecule has 1 aliphatic rings. The van der Waals surface area contributed by atoms with Gasteiger partial charge >= 0.3 is 0 Å². The summed E-state index contributed by atoms with van der Waals surface area (Å²) in [6.07, 6.45) is 1.84. The quantitative estimate of drug-likeness (QED) is 0.826. The van der Waals surface area contributed by atoms with Crippen molar-refractivity contribution in [3.8, 4) is 11.5 Å². The van der Waals surface area contributed by atoms with Crippen LogP contribution in [0.3, 0.4) is 0 Å². The van der Waals surface area contributed by atoms with E-state index in [0.29, 0.717) is 17.9 Å². The van der Waals surface area contributed by atoms with Gasteiger partial charge in [-0.25, -0.2) is 0 Å². The number of benzene rings is 2. The number of nitrogens with one attached hydrogen (secondary N) is 1. The van der Waals surface area contributed by atoms with Crippen LogP contribution >= 0.6 is 11.6 Å². The number of rotatable bonds is 5. The Labute approximate surface area is 159 Å². The van der Waals surface area contributed by atoms with Gasteiger partial charge in [-0.1, -0.05) is 23.7 Å². The number of hydrogen-bond donors (Lipinski definition) is 1. The van der Waals surface area contributed by atoms with Crippen LogP contribution in [-0.4, -0.2) is 18.6 Å². The third-order valence-corrected chi connectivity index (χ3v) is 4.82. The largest absolute Gasteiger partial charge is 0.497 e. The number of amides is 1. The topological polar surface area (TPSA) is 47.6 Å². The summed E-state index contributed by atoms with van der Waals surface area (Å²) in [7, 11) is 1.63. The molecule has 0 saturated heterocycles. The highest BCUT2D eigenvalue weighted by molar-refractivity contribution is 6.30. The number of ether oxygens (including phenoxy) is 2. The van der Waals surface area contributed by atoms with Crippen molar-refractivity contribution in [1.29, 1.82) is 0 Å². The van der Waals surface area contributed by atoms with E-state index >= 15 is 0 Å². The van der Waals surface area contributed by atoms with Gasteiger partial charge in [-0.3, -0.25) is 4.79 Å². The van der Waals surface area contributed by atoms with Crippen LogP contribution in [0.1, 0.15) is 43.9 Å². The standard InChI is InChI=1S/C21H24ClNO3/c1-21(2)13-18(17-10-9-16(25-3)12-19(17)26-21)23-20(24)11-6-14-4-7-15(22)8-5-14/h4-5,7-10,12,18H,6,11,13H2,1-3H3,(H,23,24). The highest BCUT2D eigenvalue weighted by Crippen LogP contribution is 2.41. The third-order valence-electron chi connectivity index (χ3n) is 4.57. The number of halogens is 1. The lowest BCUT2D eigenvalue weighted by Gasteiger charge is -2.38. The zero-order valence-corrected chi connectivity index (χ0v) is 16.1. The van der Waals surface area contributed by atoms with Crippen LogP contribution in [0.2, 0.25) is 5.02 Å². The lowest BCUT2D eigenvalue weighted by molar-refractivity contribution is -0.122.